The highest BCUT2D eigenvalue weighted by molar-refractivity contribution is 7.99. The second-order valence-corrected chi connectivity index (χ2v) is 7.65. The van der Waals surface area contributed by atoms with Gasteiger partial charge in [-0.1, -0.05) is 23.4 Å². The third-order valence-electron chi connectivity index (χ3n) is 4.22. The number of amides is 1. The molecule has 0 bridgehead atoms. The van der Waals surface area contributed by atoms with Crippen molar-refractivity contribution in [2.45, 2.75) is 11.7 Å². The number of anilines is 2. The van der Waals surface area contributed by atoms with Gasteiger partial charge < -0.3 is 19.9 Å². The van der Waals surface area contributed by atoms with Gasteiger partial charge in [0.25, 0.3) is 5.69 Å². The van der Waals surface area contributed by atoms with Crippen molar-refractivity contribution in [1.82, 2.24) is 14.8 Å². The van der Waals surface area contributed by atoms with Gasteiger partial charge in [0.1, 0.15) is 10.8 Å². The van der Waals surface area contributed by atoms with E-state index in [0.717, 1.165) is 11.4 Å². The molecular weight excluding hydrogens is 444 g/mol. The van der Waals surface area contributed by atoms with Crippen molar-refractivity contribution in [3.05, 3.63) is 63.4 Å². The Morgan fingerprint density at radius 2 is 1.94 bits per heavy atom. The summed E-state index contributed by atoms with van der Waals surface area (Å²) >= 11 is 6.99. The molecule has 3 aromatic rings. The Kier molecular flexibility index (Phi) is 7.32. The number of nitro benzene ring substituents is 1. The van der Waals surface area contributed by atoms with Crippen LogP contribution >= 0.6 is 23.4 Å². The Labute approximate surface area is 187 Å². The summed E-state index contributed by atoms with van der Waals surface area (Å²) < 4.78 is 6.93. The van der Waals surface area contributed by atoms with Gasteiger partial charge in [-0.15, -0.1) is 10.2 Å². The van der Waals surface area contributed by atoms with Gasteiger partial charge in [0.2, 0.25) is 5.91 Å². The van der Waals surface area contributed by atoms with Gasteiger partial charge in [-0.25, -0.2) is 0 Å². The summed E-state index contributed by atoms with van der Waals surface area (Å²) in [5.41, 5.74) is 0.938. The van der Waals surface area contributed by atoms with E-state index in [1.165, 1.54) is 30.0 Å². The topological polar surface area (TPSA) is 124 Å². The SMILES string of the molecule is COc1ccc(NCc2nnc(SCC(=O)Nc3ccc(Cl)c([N+](=O)[O-])c3)n2C)cc1. The predicted octanol–water partition coefficient (Wildman–Crippen LogP) is 3.73. The van der Waals surface area contributed by atoms with Gasteiger partial charge in [0, 0.05) is 24.5 Å². The van der Waals surface area contributed by atoms with Gasteiger partial charge in [-0.2, -0.15) is 0 Å². The molecule has 0 aliphatic heterocycles. The number of nitro groups is 1. The number of nitrogens with zero attached hydrogens (tertiary/aromatic N) is 4. The monoisotopic (exact) mass is 462 g/mol. The summed E-state index contributed by atoms with van der Waals surface area (Å²) in [5, 5.41) is 25.7. The number of ether oxygens (including phenoxy) is 1. The molecule has 2 aromatic carbocycles. The lowest BCUT2D eigenvalue weighted by Gasteiger charge is -2.08. The van der Waals surface area contributed by atoms with Crippen LogP contribution < -0.4 is 15.4 Å². The molecule has 12 heteroatoms. The van der Waals surface area contributed by atoms with E-state index in [2.05, 4.69) is 20.8 Å². The minimum Gasteiger partial charge on any atom is -0.497 e. The minimum atomic E-state index is -0.603. The van der Waals surface area contributed by atoms with E-state index < -0.39 is 4.92 Å². The van der Waals surface area contributed by atoms with Gasteiger partial charge in [-0.3, -0.25) is 14.9 Å². The van der Waals surface area contributed by atoms with Crippen molar-refractivity contribution >= 4 is 46.3 Å². The molecule has 1 aromatic heterocycles. The van der Waals surface area contributed by atoms with Crippen LogP contribution in [0.1, 0.15) is 5.82 Å². The zero-order valence-corrected chi connectivity index (χ0v) is 18.2. The van der Waals surface area contributed by atoms with Crippen LogP contribution in [0.15, 0.2) is 47.6 Å². The lowest BCUT2D eigenvalue weighted by atomic mass is 10.3. The minimum absolute atomic E-state index is 0.00670. The van der Waals surface area contributed by atoms with Crippen LogP contribution in [0, 0.1) is 10.1 Å². The molecule has 1 amide bonds. The maximum absolute atomic E-state index is 12.2. The van der Waals surface area contributed by atoms with Gasteiger partial charge in [0.05, 0.1) is 24.3 Å². The molecule has 1 heterocycles. The molecule has 3 rings (SSSR count). The average molecular weight is 463 g/mol. The number of methoxy groups -OCH3 is 1. The first-order valence-corrected chi connectivity index (χ1v) is 10.4. The Morgan fingerprint density at radius 3 is 2.61 bits per heavy atom. The molecule has 0 atom stereocenters. The predicted molar refractivity (Wildman–Crippen MR) is 119 cm³/mol. The Bertz CT molecular complexity index is 1090. The number of nitrogens with one attached hydrogen (secondary N) is 2. The normalized spacial score (nSPS) is 10.5. The van der Waals surface area contributed by atoms with Crippen LogP contribution in [0.5, 0.6) is 5.75 Å². The quantitative estimate of drug-likeness (QED) is 0.280. The lowest BCUT2D eigenvalue weighted by molar-refractivity contribution is -0.384. The van der Waals surface area contributed by atoms with E-state index in [1.54, 1.807) is 11.7 Å². The number of hydrogen-bond donors (Lipinski definition) is 2. The second-order valence-electron chi connectivity index (χ2n) is 6.30. The molecule has 0 aliphatic rings. The number of carbonyl (C=O) groups excluding carboxylic acids is 1. The Hall–Kier alpha value is -3.31. The molecule has 2 N–H and O–H groups in total. The maximum Gasteiger partial charge on any atom is 0.289 e. The average Bonchev–Trinajstić information content (AvgIpc) is 3.11. The van der Waals surface area contributed by atoms with Crippen LogP contribution in [0.4, 0.5) is 17.1 Å². The van der Waals surface area contributed by atoms with E-state index in [-0.39, 0.29) is 22.4 Å². The smallest absolute Gasteiger partial charge is 0.289 e. The number of rotatable bonds is 9. The fourth-order valence-corrected chi connectivity index (χ4v) is 3.49. The summed E-state index contributed by atoms with van der Waals surface area (Å²) in [6.07, 6.45) is 0. The van der Waals surface area contributed by atoms with Crippen molar-refractivity contribution in [3.63, 3.8) is 0 Å². The number of halogens is 1. The van der Waals surface area contributed by atoms with Crippen LogP contribution in [-0.2, 0) is 18.4 Å². The number of thioether (sulfide) groups is 1. The first-order valence-electron chi connectivity index (χ1n) is 9.00. The molecule has 31 heavy (non-hydrogen) atoms. The molecule has 0 aliphatic carbocycles. The van der Waals surface area contributed by atoms with Crippen LogP contribution in [0.25, 0.3) is 0 Å². The molecule has 0 saturated carbocycles. The number of aromatic nitrogens is 3. The van der Waals surface area contributed by atoms with Crippen LogP contribution in [-0.4, -0.2) is 38.5 Å². The molecule has 0 spiro atoms. The highest BCUT2D eigenvalue weighted by atomic mass is 35.5. The summed E-state index contributed by atoms with van der Waals surface area (Å²) in [5.74, 6) is 1.21. The zero-order valence-electron chi connectivity index (χ0n) is 16.7. The summed E-state index contributed by atoms with van der Waals surface area (Å²) in [6, 6.07) is 11.6. The Morgan fingerprint density at radius 1 is 1.23 bits per heavy atom. The third-order valence-corrected chi connectivity index (χ3v) is 5.56. The highest BCUT2D eigenvalue weighted by Gasteiger charge is 2.15. The summed E-state index contributed by atoms with van der Waals surface area (Å²) in [7, 11) is 3.43. The van der Waals surface area contributed by atoms with Gasteiger partial charge >= 0.3 is 0 Å². The van der Waals surface area contributed by atoms with Crippen molar-refractivity contribution in [2.24, 2.45) is 7.05 Å². The lowest BCUT2D eigenvalue weighted by Crippen LogP contribution is -2.14. The largest absolute Gasteiger partial charge is 0.497 e. The standard InChI is InChI=1S/C19H19ClN6O4S/c1-25-17(10-21-12-3-6-14(30-2)7-4-12)23-24-19(25)31-11-18(27)22-13-5-8-15(20)16(9-13)26(28)29/h3-9,21H,10-11H2,1-2H3,(H,22,27). The third kappa shape index (κ3) is 5.86. The fraction of sp³-hybridized carbons (Fsp3) is 0.211. The fourth-order valence-electron chi connectivity index (χ4n) is 2.57. The van der Waals surface area contributed by atoms with E-state index in [0.29, 0.717) is 23.2 Å². The maximum atomic E-state index is 12.2. The van der Waals surface area contributed by atoms with Gasteiger partial charge in [-0.05, 0) is 36.4 Å². The Balaban J connectivity index is 1.53. The van der Waals surface area contributed by atoms with Crippen LogP contribution in [0.3, 0.4) is 0 Å². The summed E-state index contributed by atoms with van der Waals surface area (Å²) in [6.45, 7) is 0.455. The van der Waals surface area contributed by atoms with E-state index in [9.17, 15) is 14.9 Å². The first kappa shape index (κ1) is 22.4. The molecular formula is C19H19ClN6O4S. The second kappa shape index (κ2) is 10.1. The molecule has 10 nitrogen and oxygen atoms in total. The van der Waals surface area contributed by atoms with E-state index >= 15 is 0 Å². The van der Waals surface area contributed by atoms with Crippen LogP contribution in [0.2, 0.25) is 5.02 Å². The zero-order chi connectivity index (χ0) is 22.4. The van der Waals surface area contributed by atoms with Crippen molar-refractivity contribution in [2.75, 3.05) is 23.5 Å². The number of benzene rings is 2. The highest BCUT2D eigenvalue weighted by Crippen LogP contribution is 2.27. The molecule has 162 valence electrons. The van der Waals surface area contributed by atoms with Crippen molar-refractivity contribution in [3.8, 4) is 5.75 Å². The molecule has 0 unspecified atom stereocenters. The first-order chi connectivity index (χ1) is 14.9. The van der Waals surface area contributed by atoms with Gasteiger partial charge in [0.15, 0.2) is 11.0 Å². The van der Waals surface area contributed by atoms with E-state index in [1.807, 2.05) is 31.3 Å². The van der Waals surface area contributed by atoms with Crippen molar-refractivity contribution < 1.29 is 14.5 Å². The van der Waals surface area contributed by atoms with E-state index in [4.69, 9.17) is 16.3 Å². The number of hydrogen-bond acceptors (Lipinski definition) is 8. The van der Waals surface area contributed by atoms with Crippen molar-refractivity contribution in [1.29, 1.82) is 0 Å². The molecule has 0 radical (unpaired) electrons. The molecule has 0 saturated heterocycles. The number of carbonyl (C=O) groups is 1. The summed E-state index contributed by atoms with van der Waals surface area (Å²) in [4.78, 5) is 22.6. The molecule has 0 fully saturated rings.